The predicted molar refractivity (Wildman–Crippen MR) is 230 cm³/mol. The highest BCUT2D eigenvalue weighted by Crippen LogP contribution is 2.55. The maximum Gasteiger partial charge on any atom is 0.166 e. The third-order valence-electron chi connectivity index (χ3n) is 12.2. The number of benzene rings is 8. The van der Waals surface area contributed by atoms with Gasteiger partial charge in [0.05, 0.1) is 16.7 Å². The van der Waals surface area contributed by atoms with Crippen molar-refractivity contribution in [2.24, 2.45) is 0 Å². The molecule has 2 aliphatic carbocycles. The monoisotopic (exact) mass is 714 g/mol. The van der Waals surface area contributed by atoms with Gasteiger partial charge in [0.15, 0.2) is 17.5 Å². The van der Waals surface area contributed by atoms with E-state index in [1.807, 2.05) is 36.4 Å². The number of rotatable bonds is 4. The van der Waals surface area contributed by atoms with Crippen LogP contribution in [0.2, 0.25) is 0 Å². The summed E-state index contributed by atoms with van der Waals surface area (Å²) in [6, 6.07) is 61.0. The SMILES string of the molecule is CC1(C)c2ccccc2-c2ccc(-c3nc(-c4ccccc4)nc(-c4ccccc4)n3)c(-n3c4cccc5c4c4c6c(cccc6ccc43)-c3ccccc3-5)c21. The van der Waals surface area contributed by atoms with Crippen LogP contribution in [0.5, 0.6) is 0 Å². The number of fused-ring (bicyclic) bond motifs is 6. The Bertz CT molecular complexity index is 3210. The van der Waals surface area contributed by atoms with E-state index in [9.17, 15) is 0 Å². The molecule has 2 aliphatic rings. The van der Waals surface area contributed by atoms with Crippen molar-refractivity contribution >= 4 is 32.6 Å². The van der Waals surface area contributed by atoms with Crippen LogP contribution in [0.4, 0.5) is 0 Å². The van der Waals surface area contributed by atoms with E-state index in [1.54, 1.807) is 0 Å². The molecule has 4 heteroatoms. The van der Waals surface area contributed by atoms with Crippen molar-refractivity contribution in [1.29, 1.82) is 0 Å². The Balaban J connectivity index is 1.27. The second-order valence-electron chi connectivity index (χ2n) is 15.5. The van der Waals surface area contributed by atoms with E-state index >= 15 is 0 Å². The molecule has 0 aliphatic heterocycles. The maximum absolute atomic E-state index is 5.34. The summed E-state index contributed by atoms with van der Waals surface area (Å²) in [6.07, 6.45) is 0. The molecule has 8 aromatic carbocycles. The van der Waals surface area contributed by atoms with Crippen molar-refractivity contribution < 1.29 is 0 Å². The average molecular weight is 715 g/mol. The van der Waals surface area contributed by atoms with Crippen LogP contribution in [-0.2, 0) is 5.41 Å². The Morgan fingerprint density at radius 3 is 1.61 bits per heavy atom. The first kappa shape index (κ1) is 31.2. The van der Waals surface area contributed by atoms with Crippen LogP contribution in [0.25, 0.3) is 106 Å². The lowest BCUT2D eigenvalue weighted by atomic mass is 9.80. The van der Waals surface area contributed by atoms with Crippen LogP contribution in [0.1, 0.15) is 25.0 Å². The van der Waals surface area contributed by atoms with Gasteiger partial charge in [-0.25, -0.2) is 15.0 Å². The van der Waals surface area contributed by atoms with Crippen LogP contribution in [-0.4, -0.2) is 19.5 Å². The first-order valence-electron chi connectivity index (χ1n) is 19.3. The fourth-order valence-corrected chi connectivity index (χ4v) is 9.76. The summed E-state index contributed by atoms with van der Waals surface area (Å²) >= 11 is 0. The number of hydrogen-bond acceptors (Lipinski definition) is 3. The van der Waals surface area contributed by atoms with Gasteiger partial charge >= 0.3 is 0 Å². The Morgan fingerprint density at radius 1 is 0.375 bits per heavy atom. The van der Waals surface area contributed by atoms with Crippen molar-refractivity contribution in [3.63, 3.8) is 0 Å². The minimum absolute atomic E-state index is 0.318. The van der Waals surface area contributed by atoms with Crippen molar-refractivity contribution in [3.8, 4) is 73.2 Å². The summed E-state index contributed by atoms with van der Waals surface area (Å²) in [5.74, 6) is 1.94. The molecule has 0 spiro atoms. The van der Waals surface area contributed by atoms with Gasteiger partial charge < -0.3 is 4.57 Å². The molecule has 0 N–H and O–H groups in total. The van der Waals surface area contributed by atoms with Gasteiger partial charge in [0.25, 0.3) is 0 Å². The van der Waals surface area contributed by atoms with Crippen LogP contribution >= 0.6 is 0 Å². The van der Waals surface area contributed by atoms with Gasteiger partial charge in [-0.05, 0) is 73.5 Å². The highest BCUT2D eigenvalue weighted by Gasteiger charge is 2.40. The summed E-state index contributed by atoms with van der Waals surface area (Å²) in [5, 5.41) is 5.08. The average Bonchev–Trinajstić information content (AvgIpc) is 3.67. The molecule has 0 unspecified atom stereocenters. The molecule has 2 aromatic heterocycles. The van der Waals surface area contributed by atoms with Gasteiger partial charge in [-0.1, -0.05) is 166 Å². The van der Waals surface area contributed by atoms with Gasteiger partial charge in [0.2, 0.25) is 0 Å². The van der Waals surface area contributed by atoms with Crippen LogP contribution in [0.15, 0.2) is 170 Å². The van der Waals surface area contributed by atoms with Gasteiger partial charge in [-0.15, -0.1) is 0 Å². The molecule has 0 saturated heterocycles. The Kier molecular flexibility index (Phi) is 6.37. The lowest BCUT2D eigenvalue weighted by Gasteiger charge is -2.27. The summed E-state index contributed by atoms with van der Waals surface area (Å²) < 4.78 is 2.54. The number of aromatic nitrogens is 4. The third-order valence-corrected chi connectivity index (χ3v) is 12.2. The lowest BCUT2D eigenvalue weighted by molar-refractivity contribution is 0.657. The normalized spacial score (nSPS) is 13.3. The molecule has 0 radical (unpaired) electrons. The number of hydrogen-bond donors (Lipinski definition) is 0. The smallest absolute Gasteiger partial charge is 0.166 e. The second-order valence-corrected chi connectivity index (χ2v) is 15.5. The highest BCUT2D eigenvalue weighted by atomic mass is 15.1. The fraction of sp³-hybridized carbons (Fsp3) is 0.0577. The quantitative estimate of drug-likeness (QED) is 0.182. The molecule has 10 aromatic rings. The van der Waals surface area contributed by atoms with Crippen LogP contribution in [0, 0.1) is 0 Å². The lowest BCUT2D eigenvalue weighted by Crippen LogP contribution is -2.19. The zero-order valence-corrected chi connectivity index (χ0v) is 31.0. The number of nitrogens with zero attached hydrogens (tertiary/aromatic N) is 4. The second kappa shape index (κ2) is 11.4. The first-order valence-corrected chi connectivity index (χ1v) is 19.3. The third kappa shape index (κ3) is 4.21. The molecular weight excluding hydrogens is 681 g/mol. The van der Waals surface area contributed by atoms with E-state index in [2.05, 4.69) is 152 Å². The standard InChI is InChI=1S/C52H34N4/c1-52(2)41-25-12-11-22-36(41)39-28-29-40(51-54-49(32-15-5-3-6-16-32)53-50(55-51)33-17-7-4-8-18-33)48(47(39)52)56-42-26-14-24-38-35-21-10-9-20-34(35)37-23-13-19-31-27-30-43(56)46(44(31)37)45(38)42/h3-30H,1-2H3. The van der Waals surface area contributed by atoms with Crippen molar-refractivity contribution in [2.75, 3.05) is 0 Å². The van der Waals surface area contributed by atoms with Gasteiger partial charge in [-0.3, -0.25) is 0 Å². The zero-order valence-electron chi connectivity index (χ0n) is 31.0. The molecule has 0 bridgehead atoms. The minimum Gasteiger partial charge on any atom is -0.308 e. The summed E-state index contributed by atoms with van der Waals surface area (Å²) in [4.78, 5) is 15.8. The van der Waals surface area contributed by atoms with Crippen molar-refractivity contribution in [1.82, 2.24) is 19.5 Å². The summed E-state index contributed by atoms with van der Waals surface area (Å²) in [6.45, 7) is 4.74. The minimum atomic E-state index is -0.318. The molecule has 0 atom stereocenters. The first-order chi connectivity index (χ1) is 27.6. The highest BCUT2D eigenvalue weighted by molar-refractivity contribution is 6.30. The van der Waals surface area contributed by atoms with E-state index in [4.69, 9.17) is 15.0 Å². The molecule has 0 saturated carbocycles. The molecule has 0 amide bonds. The fourth-order valence-electron chi connectivity index (χ4n) is 9.76. The largest absolute Gasteiger partial charge is 0.308 e. The molecule has 2 heterocycles. The molecule has 262 valence electrons. The van der Waals surface area contributed by atoms with E-state index in [-0.39, 0.29) is 5.41 Å². The Hall–Kier alpha value is -7.17. The van der Waals surface area contributed by atoms with Gasteiger partial charge in [-0.2, -0.15) is 0 Å². The summed E-state index contributed by atoms with van der Waals surface area (Å²) in [5.41, 5.74) is 16.1. The maximum atomic E-state index is 5.34. The Morgan fingerprint density at radius 2 is 0.911 bits per heavy atom. The van der Waals surface area contributed by atoms with E-state index in [0.717, 1.165) is 22.4 Å². The molecule has 4 nitrogen and oxygen atoms in total. The molecule has 56 heavy (non-hydrogen) atoms. The van der Waals surface area contributed by atoms with Gasteiger partial charge in [0, 0.05) is 32.9 Å². The van der Waals surface area contributed by atoms with E-state index in [1.165, 1.54) is 77.1 Å². The molecule has 12 rings (SSSR count). The van der Waals surface area contributed by atoms with Gasteiger partial charge in [0.1, 0.15) is 0 Å². The topological polar surface area (TPSA) is 43.6 Å². The zero-order chi connectivity index (χ0) is 37.1. The van der Waals surface area contributed by atoms with Crippen LogP contribution < -0.4 is 0 Å². The molecule has 0 fully saturated rings. The van der Waals surface area contributed by atoms with E-state index in [0.29, 0.717) is 17.5 Å². The van der Waals surface area contributed by atoms with E-state index < -0.39 is 0 Å². The molecular formula is C52H34N4. The summed E-state index contributed by atoms with van der Waals surface area (Å²) in [7, 11) is 0. The van der Waals surface area contributed by atoms with Crippen LogP contribution in [0.3, 0.4) is 0 Å². The predicted octanol–water partition coefficient (Wildman–Crippen LogP) is 13.1. The van der Waals surface area contributed by atoms with Crippen molar-refractivity contribution in [2.45, 2.75) is 19.3 Å². The van der Waals surface area contributed by atoms with Crippen molar-refractivity contribution in [3.05, 3.63) is 181 Å². The Labute approximate surface area is 324 Å².